The molecule has 4 nitrogen and oxygen atoms in total. The van der Waals surface area contributed by atoms with Gasteiger partial charge >= 0.3 is 0 Å². The maximum Gasteiger partial charge on any atom is 0.176 e. The summed E-state index contributed by atoms with van der Waals surface area (Å²) in [5.74, 6) is 1.73. The molecule has 0 radical (unpaired) electrons. The minimum absolute atomic E-state index is 0.192. The molecule has 0 aliphatic heterocycles. The normalized spacial score (nSPS) is 13.1. The van der Waals surface area contributed by atoms with Crippen LogP contribution in [0.2, 0.25) is 0 Å². The zero-order valence-electron chi connectivity index (χ0n) is 12.8. The van der Waals surface area contributed by atoms with Crippen LogP contribution in [-0.2, 0) is 0 Å². The number of methoxy groups -OCH3 is 1. The predicted octanol–water partition coefficient (Wildman–Crippen LogP) is 3.04. The van der Waals surface area contributed by atoms with Crippen molar-refractivity contribution >= 4 is 11.0 Å². The number of hydrogen-bond acceptors (Lipinski definition) is 4. The molecule has 0 saturated carbocycles. The van der Waals surface area contributed by atoms with Crippen LogP contribution in [0.5, 0.6) is 5.75 Å². The van der Waals surface area contributed by atoms with Crippen LogP contribution in [0.25, 0.3) is 11.0 Å². The summed E-state index contributed by atoms with van der Waals surface area (Å²) >= 11 is 0. The number of nitrogens with zero attached hydrogens (tertiary/aromatic N) is 1. The van der Waals surface area contributed by atoms with Gasteiger partial charge in [-0.3, -0.25) is 0 Å². The molecule has 0 aliphatic rings. The topological polar surface area (TPSA) is 37.6 Å². The molecular formula is C16H24N2O2. The summed E-state index contributed by atoms with van der Waals surface area (Å²) in [7, 11) is 3.79. The molecule has 110 valence electrons. The molecule has 0 spiro atoms. The van der Waals surface area contributed by atoms with E-state index in [1.807, 2.05) is 18.2 Å². The Morgan fingerprint density at radius 1 is 1.40 bits per heavy atom. The number of nitrogens with one attached hydrogen (secondary N) is 1. The second kappa shape index (κ2) is 6.77. The van der Waals surface area contributed by atoms with Crippen LogP contribution in [0.1, 0.15) is 25.6 Å². The maximum absolute atomic E-state index is 5.93. The molecule has 0 bridgehead atoms. The molecule has 1 heterocycles. The van der Waals surface area contributed by atoms with Crippen molar-refractivity contribution in [3.8, 4) is 5.75 Å². The molecule has 2 aromatic rings. The fraction of sp³-hybridized carbons (Fsp3) is 0.500. The Bertz CT molecular complexity index is 550. The number of likely N-dealkylation sites (N-methyl/N-ethyl adjacent to an activating group) is 1. The summed E-state index contributed by atoms with van der Waals surface area (Å²) in [6.07, 6.45) is 0. The molecule has 0 aliphatic carbocycles. The third-order valence-corrected chi connectivity index (χ3v) is 3.66. The zero-order chi connectivity index (χ0) is 14.5. The first-order valence-corrected chi connectivity index (χ1v) is 7.14. The molecule has 0 fully saturated rings. The number of para-hydroxylation sites is 1. The fourth-order valence-electron chi connectivity index (χ4n) is 2.16. The molecule has 1 atom stereocenters. The minimum Gasteiger partial charge on any atom is -0.493 e. The molecular weight excluding hydrogens is 252 g/mol. The Hall–Kier alpha value is -1.52. The summed E-state index contributed by atoms with van der Waals surface area (Å²) in [4.78, 5) is 2.28. The largest absolute Gasteiger partial charge is 0.493 e. The van der Waals surface area contributed by atoms with E-state index in [2.05, 4.69) is 37.2 Å². The van der Waals surface area contributed by atoms with E-state index >= 15 is 0 Å². The van der Waals surface area contributed by atoms with Crippen molar-refractivity contribution < 1.29 is 9.15 Å². The van der Waals surface area contributed by atoms with Gasteiger partial charge in [0.15, 0.2) is 11.3 Å². The number of rotatable bonds is 7. The average molecular weight is 276 g/mol. The van der Waals surface area contributed by atoms with E-state index in [4.69, 9.17) is 9.15 Å². The Balaban J connectivity index is 2.05. The van der Waals surface area contributed by atoms with Crippen LogP contribution in [0, 0.1) is 0 Å². The van der Waals surface area contributed by atoms with Crippen molar-refractivity contribution in [2.75, 3.05) is 33.8 Å². The van der Waals surface area contributed by atoms with Gasteiger partial charge in [0.05, 0.1) is 13.2 Å². The monoisotopic (exact) mass is 276 g/mol. The number of ether oxygens (including phenoxy) is 1. The second-order valence-electron chi connectivity index (χ2n) is 5.10. The Morgan fingerprint density at radius 2 is 2.20 bits per heavy atom. The zero-order valence-corrected chi connectivity index (χ0v) is 12.8. The average Bonchev–Trinajstić information content (AvgIpc) is 2.90. The first-order valence-electron chi connectivity index (χ1n) is 7.14. The lowest BCUT2D eigenvalue weighted by molar-refractivity contribution is 0.335. The minimum atomic E-state index is 0.192. The van der Waals surface area contributed by atoms with Gasteiger partial charge in [-0.15, -0.1) is 0 Å². The van der Waals surface area contributed by atoms with Crippen molar-refractivity contribution in [3.05, 3.63) is 30.0 Å². The van der Waals surface area contributed by atoms with Crippen molar-refractivity contribution in [1.29, 1.82) is 0 Å². The number of hydrogen-bond donors (Lipinski definition) is 1. The molecule has 2 rings (SSSR count). The summed E-state index contributed by atoms with van der Waals surface area (Å²) < 4.78 is 11.3. The van der Waals surface area contributed by atoms with E-state index in [0.29, 0.717) is 0 Å². The lowest BCUT2D eigenvalue weighted by Crippen LogP contribution is -2.30. The Morgan fingerprint density at radius 3 is 2.90 bits per heavy atom. The number of benzene rings is 1. The smallest absolute Gasteiger partial charge is 0.176 e. The van der Waals surface area contributed by atoms with E-state index in [9.17, 15) is 0 Å². The van der Waals surface area contributed by atoms with Gasteiger partial charge in [-0.1, -0.05) is 19.1 Å². The van der Waals surface area contributed by atoms with Gasteiger partial charge in [0.25, 0.3) is 0 Å². The van der Waals surface area contributed by atoms with Gasteiger partial charge in [0, 0.05) is 18.5 Å². The third-order valence-electron chi connectivity index (χ3n) is 3.66. The van der Waals surface area contributed by atoms with Gasteiger partial charge in [0.1, 0.15) is 5.76 Å². The van der Waals surface area contributed by atoms with Crippen molar-refractivity contribution in [3.63, 3.8) is 0 Å². The highest BCUT2D eigenvalue weighted by atomic mass is 16.5. The molecule has 20 heavy (non-hydrogen) atoms. The molecule has 1 aromatic carbocycles. The van der Waals surface area contributed by atoms with Crippen LogP contribution in [0.15, 0.2) is 28.7 Å². The highest BCUT2D eigenvalue weighted by molar-refractivity contribution is 5.83. The summed E-state index contributed by atoms with van der Waals surface area (Å²) in [5, 5.41) is 4.57. The first kappa shape index (κ1) is 14.9. The molecule has 4 heteroatoms. The summed E-state index contributed by atoms with van der Waals surface area (Å²) in [6.45, 7) is 7.33. The lowest BCUT2D eigenvalue weighted by atomic mass is 10.2. The third kappa shape index (κ3) is 3.32. The van der Waals surface area contributed by atoms with Crippen LogP contribution in [0.3, 0.4) is 0 Å². The van der Waals surface area contributed by atoms with E-state index in [1.165, 1.54) is 0 Å². The van der Waals surface area contributed by atoms with Gasteiger partial charge in [-0.25, -0.2) is 0 Å². The molecule has 1 unspecified atom stereocenters. The number of fused-ring (bicyclic) bond motifs is 1. The molecule has 1 N–H and O–H groups in total. The fourth-order valence-corrected chi connectivity index (χ4v) is 2.16. The highest BCUT2D eigenvalue weighted by Gasteiger charge is 2.13. The van der Waals surface area contributed by atoms with E-state index < -0.39 is 0 Å². The van der Waals surface area contributed by atoms with Gasteiger partial charge in [-0.05, 0) is 32.6 Å². The summed E-state index contributed by atoms with van der Waals surface area (Å²) in [6, 6.07) is 8.22. The predicted molar refractivity (Wildman–Crippen MR) is 82.4 cm³/mol. The highest BCUT2D eigenvalue weighted by Crippen LogP contribution is 2.30. The Labute approximate surface area is 120 Å². The maximum atomic E-state index is 5.93. The molecule has 0 amide bonds. The van der Waals surface area contributed by atoms with Crippen LogP contribution in [0.4, 0.5) is 0 Å². The van der Waals surface area contributed by atoms with Crippen molar-refractivity contribution in [2.24, 2.45) is 0 Å². The van der Waals surface area contributed by atoms with E-state index in [-0.39, 0.29) is 6.04 Å². The molecule has 0 saturated heterocycles. The van der Waals surface area contributed by atoms with Gasteiger partial charge in [0.2, 0.25) is 0 Å². The summed E-state index contributed by atoms with van der Waals surface area (Å²) in [5.41, 5.74) is 0.823. The van der Waals surface area contributed by atoms with E-state index in [1.54, 1.807) is 7.11 Å². The van der Waals surface area contributed by atoms with Crippen molar-refractivity contribution in [2.45, 2.75) is 19.9 Å². The first-order chi connectivity index (χ1) is 9.65. The van der Waals surface area contributed by atoms with E-state index in [0.717, 1.165) is 42.1 Å². The lowest BCUT2D eigenvalue weighted by Gasteiger charge is -2.16. The standard InChI is InChI=1S/C16H24N2O2/c1-5-18(3)10-9-17-12(2)15-11-13-7-6-8-14(19-4)16(13)20-15/h6-8,11-12,17H,5,9-10H2,1-4H3. The molecule has 1 aromatic heterocycles. The SMILES string of the molecule is CCN(C)CCNC(C)c1cc2cccc(OC)c2o1. The van der Waals surface area contributed by atoms with Gasteiger partial charge in [-0.2, -0.15) is 0 Å². The Kier molecular flexibility index (Phi) is 5.04. The van der Waals surface area contributed by atoms with Crippen LogP contribution < -0.4 is 10.1 Å². The second-order valence-corrected chi connectivity index (χ2v) is 5.10. The van der Waals surface area contributed by atoms with Crippen LogP contribution >= 0.6 is 0 Å². The van der Waals surface area contributed by atoms with Crippen molar-refractivity contribution in [1.82, 2.24) is 10.2 Å². The van der Waals surface area contributed by atoms with Crippen LogP contribution in [-0.4, -0.2) is 38.7 Å². The van der Waals surface area contributed by atoms with Gasteiger partial charge < -0.3 is 19.4 Å². The quantitative estimate of drug-likeness (QED) is 0.843. The number of furan rings is 1.